The number of carbonyl (C=O) groups is 1. The number of rotatable bonds is 8. The van der Waals surface area contributed by atoms with Crippen molar-refractivity contribution in [3.63, 3.8) is 0 Å². The van der Waals surface area contributed by atoms with E-state index in [1.807, 2.05) is 13.8 Å². The molecular formula is C23H29F3O7S. The van der Waals surface area contributed by atoms with E-state index in [1.165, 1.54) is 19.3 Å². The summed E-state index contributed by atoms with van der Waals surface area (Å²) in [6.45, 7) is 3.11. The van der Waals surface area contributed by atoms with Crippen molar-refractivity contribution in [2.24, 2.45) is 29.6 Å². The Labute approximate surface area is 196 Å². The average Bonchev–Trinajstić information content (AvgIpc) is 3.40. The summed E-state index contributed by atoms with van der Waals surface area (Å²) in [6.07, 6.45) is 0.798. The van der Waals surface area contributed by atoms with E-state index in [-0.39, 0.29) is 17.2 Å². The fourth-order valence-electron chi connectivity index (χ4n) is 6.47. The van der Waals surface area contributed by atoms with Crippen molar-refractivity contribution in [3.05, 3.63) is 23.8 Å². The first-order valence-electron chi connectivity index (χ1n) is 11.4. The normalized spacial score (nSPS) is 28.6. The monoisotopic (exact) mass is 506 g/mol. The molecule has 3 aliphatic carbocycles. The van der Waals surface area contributed by atoms with Gasteiger partial charge in [-0.1, -0.05) is 6.42 Å². The van der Waals surface area contributed by atoms with Crippen LogP contribution in [0.3, 0.4) is 0 Å². The lowest BCUT2D eigenvalue weighted by Gasteiger charge is -2.41. The number of hydrogen-bond donors (Lipinski definition) is 1. The molecule has 0 spiro atoms. The Morgan fingerprint density at radius 2 is 1.76 bits per heavy atom. The minimum atomic E-state index is -4.96. The van der Waals surface area contributed by atoms with Crippen molar-refractivity contribution >= 4 is 16.1 Å². The second-order valence-corrected chi connectivity index (χ2v) is 11.7. The van der Waals surface area contributed by atoms with Crippen LogP contribution in [0.2, 0.25) is 0 Å². The molecule has 0 saturated heterocycles. The van der Waals surface area contributed by atoms with Gasteiger partial charge in [0.25, 0.3) is 10.1 Å². The highest BCUT2D eigenvalue weighted by Crippen LogP contribution is 2.63. The van der Waals surface area contributed by atoms with Crippen molar-refractivity contribution in [1.29, 1.82) is 0 Å². The maximum Gasteiger partial charge on any atom is 0.573 e. The largest absolute Gasteiger partial charge is 0.573 e. The van der Waals surface area contributed by atoms with Crippen molar-refractivity contribution in [3.8, 4) is 11.5 Å². The number of benzene rings is 1. The fraction of sp³-hybridized carbons (Fsp3) is 0.696. The average molecular weight is 507 g/mol. The first-order valence-corrected chi connectivity index (χ1v) is 13.1. The molecule has 0 aromatic heterocycles. The van der Waals surface area contributed by atoms with E-state index < -0.39 is 46.2 Å². The Kier molecular flexibility index (Phi) is 6.56. The number of esters is 1. The molecule has 2 bridgehead atoms. The number of ether oxygens (including phenoxy) is 3. The minimum Gasteiger partial charge on any atom is -0.484 e. The summed E-state index contributed by atoms with van der Waals surface area (Å²) in [5, 5.41) is 0. The SMILES string of the molecule is CC(C)(Oc1cc(C(=O)OCCS(=O)(=O)O)ccc1OC(F)(F)F)C1CC2CC1C1CCCC21. The number of halogens is 3. The van der Waals surface area contributed by atoms with Crippen LogP contribution in [0.5, 0.6) is 11.5 Å². The molecule has 3 fully saturated rings. The molecule has 0 radical (unpaired) electrons. The first-order chi connectivity index (χ1) is 15.7. The summed E-state index contributed by atoms with van der Waals surface area (Å²) in [6, 6.07) is 3.17. The summed E-state index contributed by atoms with van der Waals surface area (Å²) >= 11 is 0. The van der Waals surface area contributed by atoms with E-state index in [1.54, 1.807) is 0 Å². The highest BCUT2D eigenvalue weighted by Gasteiger charge is 2.57. The molecule has 11 heteroatoms. The standard InChI is InChI=1S/C23H29F3O7S/c1-22(2,18-11-14-10-17(18)16-5-3-4-15(14)16)32-20-12-13(6-7-19(20)33-23(24,25)26)21(27)31-8-9-34(28,29)30/h6-7,12,14-18H,3-5,8-11H2,1-2H3,(H,28,29,30). The van der Waals surface area contributed by atoms with Gasteiger partial charge < -0.3 is 14.2 Å². The molecule has 3 aliphatic rings. The maximum absolute atomic E-state index is 13.0. The third-order valence-electron chi connectivity index (χ3n) is 7.67. The molecule has 190 valence electrons. The van der Waals surface area contributed by atoms with E-state index >= 15 is 0 Å². The van der Waals surface area contributed by atoms with E-state index in [0.29, 0.717) is 17.8 Å². The lowest BCUT2D eigenvalue weighted by Crippen LogP contribution is -2.43. The van der Waals surface area contributed by atoms with Gasteiger partial charge in [-0.15, -0.1) is 13.2 Å². The molecular weight excluding hydrogens is 477 g/mol. The van der Waals surface area contributed by atoms with Crippen LogP contribution in [-0.4, -0.2) is 43.3 Å². The van der Waals surface area contributed by atoms with E-state index in [0.717, 1.165) is 37.0 Å². The highest BCUT2D eigenvalue weighted by molar-refractivity contribution is 7.85. The Morgan fingerprint density at radius 1 is 1.06 bits per heavy atom. The van der Waals surface area contributed by atoms with Gasteiger partial charge in [0.05, 0.1) is 5.56 Å². The summed E-state index contributed by atoms with van der Waals surface area (Å²) in [4.78, 5) is 12.3. The molecule has 0 aliphatic heterocycles. The van der Waals surface area contributed by atoms with Gasteiger partial charge in [-0.05, 0) is 81.4 Å². The molecule has 1 aromatic carbocycles. The summed E-state index contributed by atoms with van der Waals surface area (Å²) in [5.41, 5.74) is -0.927. The number of carbonyl (C=O) groups excluding carboxylic acids is 1. The van der Waals surface area contributed by atoms with Gasteiger partial charge in [0.2, 0.25) is 0 Å². The molecule has 0 amide bonds. The van der Waals surface area contributed by atoms with Gasteiger partial charge in [0, 0.05) is 5.92 Å². The van der Waals surface area contributed by atoms with E-state index in [2.05, 4.69) is 4.74 Å². The zero-order valence-corrected chi connectivity index (χ0v) is 19.8. The van der Waals surface area contributed by atoms with Crippen molar-refractivity contribution in [2.75, 3.05) is 12.4 Å². The van der Waals surface area contributed by atoms with Crippen LogP contribution in [0.15, 0.2) is 18.2 Å². The molecule has 4 rings (SSSR count). The minimum absolute atomic E-state index is 0.125. The van der Waals surface area contributed by atoms with Gasteiger partial charge in [-0.2, -0.15) is 8.42 Å². The number of alkyl halides is 3. The van der Waals surface area contributed by atoms with E-state index in [9.17, 15) is 26.4 Å². The summed E-state index contributed by atoms with van der Waals surface area (Å²) < 4.78 is 84.5. The van der Waals surface area contributed by atoms with Gasteiger partial charge >= 0.3 is 12.3 Å². The third-order valence-corrected chi connectivity index (χ3v) is 8.36. The van der Waals surface area contributed by atoms with Crippen molar-refractivity contribution < 1.29 is 45.1 Å². The van der Waals surface area contributed by atoms with Crippen molar-refractivity contribution in [1.82, 2.24) is 0 Å². The van der Waals surface area contributed by atoms with Crippen LogP contribution in [-0.2, 0) is 14.9 Å². The smallest absolute Gasteiger partial charge is 0.484 e. The lowest BCUT2D eigenvalue weighted by molar-refractivity contribution is -0.275. The molecule has 1 aromatic rings. The van der Waals surface area contributed by atoms with E-state index in [4.69, 9.17) is 14.0 Å². The Balaban J connectivity index is 1.54. The molecule has 3 saturated carbocycles. The van der Waals surface area contributed by atoms with Gasteiger partial charge in [0.15, 0.2) is 11.5 Å². The molecule has 5 unspecified atom stereocenters. The first kappa shape index (κ1) is 25.1. The maximum atomic E-state index is 13.0. The van der Waals surface area contributed by atoms with Crippen LogP contribution in [0.4, 0.5) is 13.2 Å². The Morgan fingerprint density at radius 3 is 2.44 bits per heavy atom. The van der Waals surface area contributed by atoms with Gasteiger partial charge in [0.1, 0.15) is 18.0 Å². The Hall–Kier alpha value is -2.01. The predicted octanol–water partition coefficient (Wildman–Crippen LogP) is 4.86. The van der Waals surface area contributed by atoms with Crippen molar-refractivity contribution in [2.45, 2.75) is 57.9 Å². The molecule has 5 atom stereocenters. The zero-order valence-electron chi connectivity index (χ0n) is 19.0. The molecule has 1 N–H and O–H groups in total. The quantitative estimate of drug-likeness (QED) is 0.397. The van der Waals surface area contributed by atoms with Crippen LogP contribution >= 0.6 is 0 Å². The second kappa shape index (κ2) is 8.89. The predicted molar refractivity (Wildman–Crippen MR) is 115 cm³/mol. The van der Waals surface area contributed by atoms with Crippen LogP contribution in [0, 0.1) is 29.6 Å². The topological polar surface area (TPSA) is 99.1 Å². The van der Waals surface area contributed by atoms with Crippen LogP contribution in [0.1, 0.15) is 56.3 Å². The fourth-order valence-corrected chi connectivity index (χ4v) is 6.77. The van der Waals surface area contributed by atoms with Crippen LogP contribution < -0.4 is 9.47 Å². The molecule has 34 heavy (non-hydrogen) atoms. The van der Waals surface area contributed by atoms with Crippen LogP contribution in [0.25, 0.3) is 0 Å². The molecule has 7 nitrogen and oxygen atoms in total. The Bertz CT molecular complexity index is 1040. The summed E-state index contributed by atoms with van der Waals surface area (Å²) in [7, 11) is -4.33. The van der Waals surface area contributed by atoms with Gasteiger partial charge in [-0.3, -0.25) is 4.55 Å². The third kappa shape index (κ3) is 5.45. The lowest BCUT2D eigenvalue weighted by atomic mass is 9.70. The highest BCUT2D eigenvalue weighted by atomic mass is 32.2. The number of hydrogen-bond acceptors (Lipinski definition) is 6. The summed E-state index contributed by atoms with van der Waals surface area (Å²) in [5.74, 6) is 0.0856. The molecule has 0 heterocycles. The second-order valence-electron chi connectivity index (χ2n) is 10.1. The zero-order chi connectivity index (χ0) is 24.9. The van der Waals surface area contributed by atoms with Gasteiger partial charge in [-0.25, -0.2) is 4.79 Å². The number of fused-ring (bicyclic) bond motifs is 5.